The topological polar surface area (TPSA) is 0 Å². The van der Waals surface area contributed by atoms with E-state index in [0.717, 1.165) is 0 Å². The highest BCUT2D eigenvalue weighted by atomic mass is 13.8. The number of rotatable bonds is 0. The Morgan fingerprint density at radius 1 is 1.22 bits per heavy atom. The third-order valence-electron chi connectivity index (χ3n) is 0.744. The fraction of sp³-hybridized carbons (Fsp3) is 0.556. The molecular weight excluding hydrogens is 108 g/mol. The van der Waals surface area contributed by atoms with Crippen LogP contribution in [-0.4, -0.2) is 0 Å². The average molecular weight is 120 g/mol. The first-order chi connectivity index (χ1) is 4.27. The molecule has 48 valence electrons. The lowest BCUT2D eigenvalue weighted by atomic mass is 10.2. The summed E-state index contributed by atoms with van der Waals surface area (Å²) in [4.78, 5) is 0. The summed E-state index contributed by atoms with van der Waals surface area (Å²) in [6.07, 6.45) is 0.717. The van der Waals surface area contributed by atoms with E-state index < -0.39 is 0 Å². The second-order valence-electron chi connectivity index (χ2n) is 2.08. The second kappa shape index (κ2) is 5.26. The largest absolute Gasteiger partial charge is 0.106 e. The highest BCUT2D eigenvalue weighted by molar-refractivity contribution is 5.11. The van der Waals surface area contributed by atoms with Crippen LogP contribution in [0.2, 0.25) is 0 Å². The predicted octanol–water partition coefficient (Wildman–Crippen LogP) is 2.06. The molecule has 0 aromatic rings. The lowest BCUT2D eigenvalue weighted by Gasteiger charge is -1.83. The van der Waals surface area contributed by atoms with Crippen LogP contribution < -0.4 is 0 Å². The van der Waals surface area contributed by atoms with Gasteiger partial charge in [0.15, 0.2) is 0 Å². The molecule has 9 heavy (non-hydrogen) atoms. The van der Waals surface area contributed by atoms with Gasteiger partial charge in [-0.05, 0) is 6.92 Å². The lowest BCUT2D eigenvalue weighted by Crippen LogP contribution is -1.76. The molecule has 0 N–H and O–H groups in total. The van der Waals surface area contributed by atoms with Crippen molar-refractivity contribution in [3.05, 3.63) is 0 Å². The fourth-order valence-corrected chi connectivity index (χ4v) is 0.388. The summed E-state index contributed by atoms with van der Waals surface area (Å²) in [6, 6.07) is 0. The van der Waals surface area contributed by atoms with Crippen LogP contribution in [0.3, 0.4) is 0 Å². The summed E-state index contributed by atoms with van der Waals surface area (Å²) in [6.45, 7) is 5.98. The van der Waals surface area contributed by atoms with Crippen LogP contribution in [0.25, 0.3) is 0 Å². The van der Waals surface area contributed by atoms with Gasteiger partial charge in [0.2, 0.25) is 0 Å². The third-order valence-corrected chi connectivity index (χ3v) is 0.744. The summed E-state index contributed by atoms with van der Waals surface area (Å²) < 4.78 is 0. The minimum atomic E-state index is 0.476. The maximum Gasteiger partial charge on any atom is 0.0702 e. The number of hydrogen-bond acceptors (Lipinski definition) is 0. The molecule has 0 aliphatic rings. The van der Waals surface area contributed by atoms with Crippen LogP contribution in [0, 0.1) is 29.6 Å². The first-order valence-electron chi connectivity index (χ1n) is 3.15. The number of hydrogen-bond donors (Lipinski definition) is 0. The van der Waals surface area contributed by atoms with Crippen molar-refractivity contribution in [1.82, 2.24) is 0 Å². The zero-order valence-electron chi connectivity index (χ0n) is 6.28. The van der Waals surface area contributed by atoms with Gasteiger partial charge in [0, 0.05) is 5.92 Å². The van der Waals surface area contributed by atoms with Crippen LogP contribution in [0.5, 0.6) is 0 Å². The van der Waals surface area contributed by atoms with Crippen LogP contribution in [-0.2, 0) is 0 Å². The van der Waals surface area contributed by atoms with Crippen molar-refractivity contribution >= 4 is 0 Å². The normalized spacial score (nSPS) is 7.11. The quantitative estimate of drug-likeness (QED) is 0.429. The van der Waals surface area contributed by atoms with Gasteiger partial charge < -0.3 is 0 Å². The van der Waals surface area contributed by atoms with Crippen LogP contribution in [0.1, 0.15) is 27.2 Å². The molecule has 0 aromatic heterocycles. The van der Waals surface area contributed by atoms with E-state index in [1.54, 1.807) is 0 Å². The van der Waals surface area contributed by atoms with Crippen molar-refractivity contribution in [3.63, 3.8) is 0 Å². The van der Waals surface area contributed by atoms with Gasteiger partial charge in [-0.2, -0.15) is 0 Å². The molecule has 0 heteroatoms. The summed E-state index contributed by atoms with van der Waals surface area (Å²) >= 11 is 0. The Kier molecular flexibility index (Phi) is 4.75. The smallest absolute Gasteiger partial charge is 0.0702 e. The van der Waals surface area contributed by atoms with Gasteiger partial charge in [-0.25, -0.2) is 0 Å². The van der Waals surface area contributed by atoms with E-state index in [0.29, 0.717) is 12.3 Å². The van der Waals surface area contributed by atoms with E-state index in [1.165, 1.54) is 0 Å². The molecule has 0 fully saturated rings. The highest BCUT2D eigenvalue weighted by Crippen LogP contribution is 1.85. The van der Waals surface area contributed by atoms with E-state index in [-0.39, 0.29) is 0 Å². The van der Waals surface area contributed by atoms with E-state index in [9.17, 15) is 0 Å². The molecule has 0 radical (unpaired) electrons. The molecule has 0 spiro atoms. The van der Waals surface area contributed by atoms with Crippen molar-refractivity contribution in [1.29, 1.82) is 0 Å². The molecule has 0 nitrogen and oxygen atoms in total. The van der Waals surface area contributed by atoms with Gasteiger partial charge in [-0.1, -0.05) is 31.6 Å². The monoisotopic (exact) mass is 120 g/mol. The van der Waals surface area contributed by atoms with Crippen molar-refractivity contribution in [2.75, 3.05) is 0 Å². The summed E-state index contributed by atoms with van der Waals surface area (Å²) in [7, 11) is 0. The average Bonchev–Trinajstić information content (AvgIpc) is 1.80. The van der Waals surface area contributed by atoms with Crippen molar-refractivity contribution in [2.45, 2.75) is 27.2 Å². The molecule has 0 aliphatic carbocycles. The van der Waals surface area contributed by atoms with Gasteiger partial charge in [0.05, 0.1) is 6.42 Å². The first-order valence-corrected chi connectivity index (χ1v) is 3.15. The van der Waals surface area contributed by atoms with Crippen LogP contribution >= 0.6 is 0 Å². The van der Waals surface area contributed by atoms with E-state index in [4.69, 9.17) is 0 Å². The van der Waals surface area contributed by atoms with Crippen LogP contribution in [0.15, 0.2) is 0 Å². The molecule has 0 saturated carbocycles. The van der Waals surface area contributed by atoms with Crippen LogP contribution in [0.4, 0.5) is 0 Å². The van der Waals surface area contributed by atoms with Gasteiger partial charge in [0.25, 0.3) is 0 Å². The Labute approximate surface area is 57.7 Å². The zero-order chi connectivity index (χ0) is 7.11. The highest BCUT2D eigenvalue weighted by Gasteiger charge is 1.78. The van der Waals surface area contributed by atoms with Gasteiger partial charge in [-0.15, -0.1) is 5.92 Å². The molecular formula is C9H12. The van der Waals surface area contributed by atoms with Gasteiger partial charge >= 0.3 is 0 Å². The molecule has 0 heterocycles. The first kappa shape index (κ1) is 8.12. The Hall–Kier alpha value is -0.880. The fourth-order valence-electron chi connectivity index (χ4n) is 0.388. The minimum absolute atomic E-state index is 0.476. The Morgan fingerprint density at radius 3 is 2.33 bits per heavy atom. The molecule has 0 amide bonds. The lowest BCUT2D eigenvalue weighted by molar-refractivity contribution is 0.865. The van der Waals surface area contributed by atoms with Crippen molar-refractivity contribution < 1.29 is 0 Å². The Morgan fingerprint density at radius 2 is 1.89 bits per heavy atom. The zero-order valence-corrected chi connectivity index (χ0v) is 6.28. The molecule has 0 saturated heterocycles. The van der Waals surface area contributed by atoms with E-state index in [2.05, 4.69) is 37.5 Å². The van der Waals surface area contributed by atoms with Gasteiger partial charge in [0.1, 0.15) is 0 Å². The molecule has 0 aromatic carbocycles. The second-order valence-corrected chi connectivity index (χ2v) is 2.08. The standard InChI is InChI=1S/C9H12/c1-4-5-6-7-8-9(2)3/h9H,6H2,1-3H3. The molecule has 0 aliphatic heterocycles. The van der Waals surface area contributed by atoms with Gasteiger partial charge in [-0.3, -0.25) is 0 Å². The van der Waals surface area contributed by atoms with E-state index in [1.807, 2.05) is 6.92 Å². The molecule has 0 rings (SSSR count). The molecule has 0 bridgehead atoms. The Bertz CT molecular complexity index is 166. The summed E-state index contributed by atoms with van der Waals surface area (Å²) in [5, 5.41) is 0. The van der Waals surface area contributed by atoms with Crippen molar-refractivity contribution in [3.8, 4) is 23.7 Å². The predicted molar refractivity (Wildman–Crippen MR) is 40.7 cm³/mol. The molecule has 0 unspecified atom stereocenters. The minimum Gasteiger partial charge on any atom is -0.106 e. The molecule has 0 atom stereocenters. The van der Waals surface area contributed by atoms with E-state index >= 15 is 0 Å². The summed E-state index contributed by atoms with van der Waals surface area (Å²) in [5.74, 6) is 12.1. The maximum atomic E-state index is 3.03. The third kappa shape index (κ3) is 7.12. The Balaban J connectivity index is 3.46. The maximum absolute atomic E-state index is 3.03. The SMILES string of the molecule is CC#CCC#CC(C)C. The summed E-state index contributed by atoms with van der Waals surface area (Å²) in [5.41, 5.74) is 0. The van der Waals surface area contributed by atoms with Crippen molar-refractivity contribution in [2.24, 2.45) is 5.92 Å².